The summed E-state index contributed by atoms with van der Waals surface area (Å²) in [5, 5.41) is 0. The first-order valence-corrected chi connectivity index (χ1v) is 4.75. The van der Waals surface area contributed by atoms with E-state index >= 15 is 0 Å². The van der Waals surface area contributed by atoms with Crippen molar-refractivity contribution in [3.05, 3.63) is 6.42 Å². The monoisotopic (exact) mass is 278 g/mol. The summed E-state index contributed by atoms with van der Waals surface area (Å²) in [7, 11) is 0. The Labute approximate surface area is 98.4 Å². The van der Waals surface area contributed by atoms with Crippen LogP contribution in [-0.4, -0.2) is 0 Å². The minimum Gasteiger partial charge on any atom is -1.00 e. The average Bonchev–Trinajstić information content (AvgIpc) is 1.82. The minimum atomic E-state index is 0. The van der Waals surface area contributed by atoms with Crippen molar-refractivity contribution in [2.75, 3.05) is 0 Å². The van der Waals surface area contributed by atoms with Crippen LogP contribution in [0.3, 0.4) is 0 Å². The molecule has 0 nitrogen and oxygen atoms in total. The van der Waals surface area contributed by atoms with Gasteiger partial charge in [-0.2, -0.15) is 0 Å². The van der Waals surface area contributed by atoms with E-state index in [-0.39, 0.29) is 36.5 Å². The van der Waals surface area contributed by atoms with Gasteiger partial charge < -0.3 is 17.0 Å². The largest absolute Gasteiger partial charge is 1.00 e. The normalized spacial score (nSPS) is 48.0. The summed E-state index contributed by atoms with van der Waals surface area (Å²) in [4.78, 5) is 0. The molecule has 0 aromatic rings. The Morgan fingerprint density at radius 3 is 1.50 bits per heavy atom. The van der Waals surface area contributed by atoms with Gasteiger partial charge in [0.05, 0.1) is 0 Å². The van der Waals surface area contributed by atoms with Gasteiger partial charge in [-0.1, -0.05) is 0 Å². The molecule has 0 aromatic carbocycles. The predicted molar refractivity (Wildman–Crippen MR) is 41.3 cm³/mol. The second-order valence-corrected chi connectivity index (χ2v) is 4.62. The molecular formula is C10H15BrZn-. The van der Waals surface area contributed by atoms with Crippen molar-refractivity contribution >= 4 is 0 Å². The Morgan fingerprint density at radius 2 is 1.17 bits per heavy atom. The van der Waals surface area contributed by atoms with E-state index in [4.69, 9.17) is 0 Å². The van der Waals surface area contributed by atoms with Crippen LogP contribution in [0.5, 0.6) is 0 Å². The molecule has 0 aromatic heterocycles. The SMILES string of the molecule is [Br-].[CH]1C2CC3CC1CC(C2)C3.[Zn]. The van der Waals surface area contributed by atoms with Gasteiger partial charge in [-0.05, 0) is 62.2 Å². The molecule has 0 amide bonds. The number of hydrogen-bond donors (Lipinski definition) is 0. The first-order chi connectivity index (χ1) is 4.90. The van der Waals surface area contributed by atoms with Gasteiger partial charge in [-0.3, -0.25) is 0 Å². The van der Waals surface area contributed by atoms with Crippen LogP contribution in [0.4, 0.5) is 0 Å². The first kappa shape index (κ1) is 11.2. The molecule has 0 unspecified atom stereocenters. The van der Waals surface area contributed by atoms with Crippen LogP contribution in [0, 0.1) is 30.1 Å². The van der Waals surface area contributed by atoms with Crippen molar-refractivity contribution in [2.45, 2.75) is 32.1 Å². The van der Waals surface area contributed by atoms with E-state index in [1.54, 1.807) is 32.1 Å². The zero-order valence-electron chi connectivity index (χ0n) is 7.51. The predicted octanol–water partition coefficient (Wildman–Crippen LogP) is -0.352. The number of hydrogen-bond acceptors (Lipinski definition) is 0. The van der Waals surface area contributed by atoms with Gasteiger partial charge in [0.1, 0.15) is 0 Å². The van der Waals surface area contributed by atoms with E-state index in [1.165, 1.54) is 0 Å². The van der Waals surface area contributed by atoms with Gasteiger partial charge in [-0.25, -0.2) is 0 Å². The average molecular weight is 281 g/mol. The van der Waals surface area contributed by atoms with Gasteiger partial charge in [0.15, 0.2) is 0 Å². The van der Waals surface area contributed by atoms with E-state index in [0.717, 1.165) is 23.7 Å². The standard InChI is InChI=1S/C10H15.BrH.Zn/c1-7-2-9-4-8(1)5-10(3-7)6-9;;/h1,7-10H,2-6H2;1H;/p-1. The molecule has 0 atom stereocenters. The Hall–Kier alpha value is 1.10. The quantitative estimate of drug-likeness (QED) is 0.532. The minimum absolute atomic E-state index is 0. The van der Waals surface area contributed by atoms with Crippen molar-refractivity contribution < 1.29 is 36.5 Å². The maximum absolute atomic E-state index is 2.66. The maximum Gasteiger partial charge on any atom is 0 e. The summed E-state index contributed by atoms with van der Waals surface area (Å²) in [6.07, 6.45) is 10.4. The molecule has 4 aliphatic carbocycles. The van der Waals surface area contributed by atoms with Crippen LogP contribution in [0.25, 0.3) is 0 Å². The molecule has 4 saturated carbocycles. The second kappa shape index (κ2) is 4.09. The summed E-state index contributed by atoms with van der Waals surface area (Å²) in [6.45, 7) is 0. The van der Waals surface area contributed by atoms with Gasteiger partial charge in [0, 0.05) is 19.5 Å². The van der Waals surface area contributed by atoms with Gasteiger partial charge in [0.2, 0.25) is 0 Å². The van der Waals surface area contributed by atoms with Crippen LogP contribution in [0.2, 0.25) is 0 Å². The molecule has 2 heteroatoms. The summed E-state index contributed by atoms with van der Waals surface area (Å²) >= 11 is 0. The van der Waals surface area contributed by atoms with Crippen molar-refractivity contribution in [3.8, 4) is 0 Å². The Kier molecular flexibility index (Phi) is 3.81. The molecule has 4 fully saturated rings. The summed E-state index contributed by atoms with van der Waals surface area (Å²) < 4.78 is 0. The van der Waals surface area contributed by atoms with E-state index in [1.807, 2.05) is 0 Å². The van der Waals surface area contributed by atoms with E-state index in [9.17, 15) is 0 Å². The Bertz CT molecular complexity index is 101. The van der Waals surface area contributed by atoms with Crippen molar-refractivity contribution in [2.24, 2.45) is 23.7 Å². The van der Waals surface area contributed by atoms with E-state index < -0.39 is 0 Å². The summed E-state index contributed by atoms with van der Waals surface area (Å²) in [5.74, 6) is 4.40. The molecule has 0 spiro atoms. The van der Waals surface area contributed by atoms with Crippen molar-refractivity contribution in [1.29, 1.82) is 0 Å². The molecular weight excluding hydrogens is 265 g/mol. The molecule has 65 valence electrons. The smallest absolute Gasteiger partial charge is 0 e. The molecule has 1 radical (unpaired) electrons. The van der Waals surface area contributed by atoms with Gasteiger partial charge >= 0.3 is 0 Å². The third kappa shape index (κ3) is 1.80. The van der Waals surface area contributed by atoms with Gasteiger partial charge in [0.25, 0.3) is 0 Å². The number of halogens is 1. The van der Waals surface area contributed by atoms with Gasteiger partial charge in [-0.15, -0.1) is 0 Å². The third-order valence-corrected chi connectivity index (χ3v) is 3.76. The fourth-order valence-corrected chi connectivity index (χ4v) is 3.65. The van der Waals surface area contributed by atoms with E-state index in [0.29, 0.717) is 0 Å². The fraction of sp³-hybridized carbons (Fsp3) is 0.900. The molecule has 0 N–H and O–H groups in total. The molecule has 4 bridgehead atoms. The van der Waals surface area contributed by atoms with Crippen molar-refractivity contribution in [1.82, 2.24) is 0 Å². The number of rotatable bonds is 0. The molecule has 12 heavy (non-hydrogen) atoms. The topological polar surface area (TPSA) is 0 Å². The molecule has 4 aliphatic rings. The summed E-state index contributed by atoms with van der Waals surface area (Å²) in [5.41, 5.74) is 0. The zero-order valence-corrected chi connectivity index (χ0v) is 12.1. The Morgan fingerprint density at radius 1 is 0.750 bits per heavy atom. The van der Waals surface area contributed by atoms with Crippen LogP contribution in [0.1, 0.15) is 32.1 Å². The summed E-state index contributed by atoms with van der Waals surface area (Å²) in [6, 6.07) is 0. The van der Waals surface area contributed by atoms with Crippen LogP contribution in [0.15, 0.2) is 0 Å². The molecule has 0 aliphatic heterocycles. The van der Waals surface area contributed by atoms with Crippen LogP contribution in [-0.2, 0) is 19.5 Å². The van der Waals surface area contributed by atoms with E-state index in [2.05, 4.69) is 6.42 Å². The zero-order chi connectivity index (χ0) is 6.55. The van der Waals surface area contributed by atoms with Crippen LogP contribution < -0.4 is 17.0 Å². The fourth-order valence-electron chi connectivity index (χ4n) is 3.65. The molecule has 0 saturated heterocycles. The van der Waals surface area contributed by atoms with Crippen molar-refractivity contribution in [3.63, 3.8) is 0 Å². The molecule has 4 rings (SSSR count). The first-order valence-electron chi connectivity index (χ1n) is 4.75. The Balaban J connectivity index is 0.000000360. The van der Waals surface area contributed by atoms with Crippen LogP contribution >= 0.6 is 0 Å². The molecule has 0 heterocycles. The maximum atomic E-state index is 2.66. The second-order valence-electron chi connectivity index (χ2n) is 4.62. The third-order valence-electron chi connectivity index (χ3n) is 3.76.